The van der Waals surface area contributed by atoms with Crippen LogP contribution in [0.1, 0.15) is 37.8 Å². The first-order chi connectivity index (χ1) is 7.70. The molecule has 1 aromatic heterocycles. The zero-order valence-corrected chi connectivity index (χ0v) is 11.1. The summed E-state index contributed by atoms with van der Waals surface area (Å²) in [6.07, 6.45) is 8.03. The lowest BCUT2D eigenvalue weighted by Crippen LogP contribution is -2.00. The lowest BCUT2D eigenvalue weighted by molar-refractivity contribution is 0.895. The van der Waals surface area contributed by atoms with Gasteiger partial charge in [0.05, 0.1) is 0 Å². The van der Waals surface area contributed by atoms with Gasteiger partial charge < -0.3 is 0 Å². The van der Waals surface area contributed by atoms with E-state index in [4.69, 9.17) is 23.2 Å². The summed E-state index contributed by atoms with van der Waals surface area (Å²) in [5, 5.41) is 8.62. The highest BCUT2D eigenvalue weighted by atomic mass is 35.5. The Morgan fingerprint density at radius 1 is 1.00 bits per heavy atom. The van der Waals surface area contributed by atoms with Crippen LogP contribution in [0, 0.1) is 0 Å². The molecule has 0 aromatic carbocycles. The van der Waals surface area contributed by atoms with E-state index in [0.29, 0.717) is 10.3 Å². The second-order valence-electron chi connectivity index (χ2n) is 3.51. The molecule has 2 nitrogen and oxygen atoms in total. The van der Waals surface area contributed by atoms with Gasteiger partial charge in [-0.25, -0.2) is 0 Å². The third-order valence-corrected chi connectivity index (χ3v) is 3.01. The maximum atomic E-state index is 6.04. The smallest absolute Gasteiger partial charge is 0.137 e. The zero-order chi connectivity index (χ0) is 12.0. The standard InChI is InChI=1S/C12H16Cl2N2/c1-3-5-6-7-8-10-9(4-2)11(13)15-16-12(10)14/h5-6H,3-4,7-8H2,1-2H3/b6-5-. The Bertz CT molecular complexity index is 376. The Labute approximate surface area is 107 Å². The van der Waals surface area contributed by atoms with Crippen molar-refractivity contribution in [3.05, 3.63) is 33.6 Å². The summed E-state index contributed by atoms with van der Waals surface area (Å²) in [4.78, 5) is 0. The molecule has 4 heteroatoms. The summed E-state index contributed by atoms with van der Waals surface area (Å²) in [6, 6.07) is 0. The third kappa shape index (κ3) is 3.46. The highest BCUT2D eigenvalue weighted by Crippen LogP contribution is 2.24. The summed E-state index contributed by atoms with van der Waals surface area (Å²) in [5.41, 5.74) is 2.05. The monoisotopic (exact) mass is 258 g/mol. The molecule has 0 amide bonds. The van der Waals surface area contributed by atoms with E-state index in [1.165, 1.54) is 0 Å². The van der Waals surface area contributed by atoms with E-state index in [2.05, 4.69) is 29.3 Å². The van der Waals surface area contributed by atoms with Gasteiger partial charge in [0.1, 0.15) is 0 Å². The fraction of sp³-hybridized carbons (Fsp3) is 0.500. The van der Waals surface area contributed by atoms with E-state index in [1.807, 2.05) is 6.92 Å². The van der Waals surface area contributed by atoms with Crippen LogP contribution >= 0.6 is 23.2 Å². The first-order valence-electron chi connectivity index (χ1n) is 5.55. The molecular weight excluding hydrogens is 243 g/mol. The number of aromatic nitrogens is 2. The predicted molar refractivity (Wildman–Crippen MR) is 69.2 cm³/mol. The molecule has 0 saturated heterocycles. The summed E-state index contributed by atoms with van der Waals surface area (Å²) < 4.78 is 0. The van der Waals surface area contributed by atoms with Gasteiger partial charge in [0.25, 0.3) is 0 Å². The molecule has 1 aromatic rings. The number of hydrogen-bond donors (Lipinski definition) is 0. The van der Waals surface area contributed by atoms with Gasteiger partial charge in [0.2, 0.25) is 0 Å². The van der Waals surface area contributed by atoms with Crippen molar-refractivity contribution >= 4 is 23.2 Å². The fourth-order valence-corrected chi connectivity index (χ4v) is 2.11. The average Bonchev–Trinajstić information content (AvgIpc) is 2.29. The van der Waals surface area contributed by atoms with Crippen molar-refractivity contribution in [2.75, 3.05) is 0 Å². The van der Waals surface area contributed by atoms with Gasteiger partial charge in [-0.15, -0.1) is 10.2 Å². The number of rotatable bonds is 5. The number of hydrogen-bond acceptors (Lipinski definition) is 2. The Kier molecular flexibility index (Phi) is 5.78. The van der Waals surface area contributed by atoms with Crippen LogP contribution in [0.3, 0.4) is 0 Å². The molecular formula is C12H16Cl2N2. The van der Waals surface area contributed by atoms with Crippen molar-refractivity contribution in [2.24, 2.45) is 0 Å². The highest BCUT2D eigenvalue weighted by molar-refractivity contribution is 6.32. The lowest BCUT2D eigenvalue weighted by Gasteiger charge is -2.08. The minimum absolute atomic E-state index is 0.473. The molecule has 0 saturated carbocycles. The summed E-state index contributed by atoms with van der Waals surface area (Å²) >= 11 is 12.0. The molecule has 0 aliphatic carbocycles. The van der Waals surface area contributed by atoms with E-state index < -0.39 is 0 Å². The van der Waals surface area contributed by atoms with Crippen LogP contribution in [0.2, 0.25) is 10.3 Å². The Morgan fingerprint density at radius 3 is 2.19 bits per heavy atom. The lowest BCUT2D eigenvalue weighted by atomic mass is 10.0. The molecule has 16 heavy (non-hydrogen) atoms. The molecule has 0 aliphatic rings. The van der Waals surface area contributed by atoms with Gasteiger partial charge in [-0.2, -0.15) is 0 Å². The molecule has 0 atom stereocenters. The van der Waals surface area contributed by atoms with E-state index >= 15 is 0 Å². The molecule has 1 rings (SSSR count). The minimum atomic E-state index is 0.473. The van der Waals surface area contributed by atoms with Crippen LogP contribution in [-0.2, 0) is 12.8 Å². The van der Waals surface area contributed by atoms with Crippen LogP contribution in [0.4, 0.5) is 0 Å². The van der Waals surface area contributed by atoms with Crippen molar-refractivity contribution in [1.29, 1.82) is 0 Å². The van der Waals surface area contributed by atoms with E-state index in [0.717, 1.165) is 36.8 Å². The SMILES string of the molecule is CC/C=C\CCc1c(Cl)nnc(Cl)c1CC. The van der Waals surface area contributed by atoms with Crippen LogP contribution in [0.15, 0.2) is 12.2 Å². The van der Waals surface area contributed by atoms with Crippen LogP contribution in [0.25, 0.3) is 0 Å². The first kappa shape index (κ1) is 13.5. The Hall–Kier alpha value is -0.600. The van der Waals surface area contributed by atoms with Crippen LogP contribution < -0.4 is 0 Å². The molecule has 1 heterocycles. The quantitative estimate of drug-likeness (QED) is 0.739. The van der Waals surface area contributed by atoms with Crippen molar-refractivity contribution in [3.8, 4) is 0 Å². The second-order valence-corrected chi connectivity index (χ2v) is 4.23. The van der Waals surface area contributed by atoms with E-state index in [1.54, 1.807) is 0 Å². The molecule has 0 spiro atoms. The van der Waals surface area contributed by atoms with Crippen molar-refractivity contribution < 1.29 is 0 Å². The second kappa shape index (κ2) is 6.87. The largest absolute Gasteiger partial charge is 0.155 e. The van der Waals surface area contributed by atoms with Gasteiger partial charge in [-0.05, 0) is 36.8 Å². The van der Waals surface area contributed by atoms with Gasteiger partial charge >= 0.3 is 0 Å². The first-order valence-corrected chi connectivity index (χ1v) is 6.30. The van der Waals surface area contributed by atoms with Gasteiger partial charge in [-0.1, -0.05) is 49.2 Å². The Morgan fingerprint density at radius 2 is 1.62 bits per heavy atom. The van der Waals surface area contributed by atoms with Crippen LogP contribution in [-0.4, -0.2) is 10.2 Å². The molecule has 88 valence electrons. The number of nitrogens with zero attached hydrogens (tertiary/aromatic N) is 2. The minimum Gasteiger partial charge on any atom is -0.137 e. The Balaban J connectivity index is 2.84. The van der Waals surface area contributed by atoms with E-state index in [9.17, 15) is 0 Å². The normalized spacial score (nSPS) is 11.2. The number of halogens is 2. The topological polar surface area (TPSA) is 25.8 Å². The van der Waals surface area contributed by atoms with Gasteiger partial charge in [0.15, 0.2) is 10.3 Å². The maximum absolute atomic E-state index is 6.04. The molecule has 0 unspecified atom stereocenters. The molecule has 0 radical (unpaired) electrons. The average molecular weight is 259 g/mol. The number of allylic oxidation sites excluding steroid dienone is 2. The fourth-order valence-electron chi connectivity index (χ4n) is 1.58. The van der Waals surface area contributed by atoms with Gasteiger partial charge in [-0.3, -0.25) is 0 Å². The van der Waals surface area contributed by atoms with Gasteiger partial charge in [0, 0.05) is 0 Å². The summed E-state index contributed by atoms with van der Waals surface area (Å²) in [6.45, 7) is 4.16. The van der Waals surface area contributed by atoms with E-state index in [-0.39, 0.29) is 0 Å². The van der Waals surface area contributed by atoms with Crippen molar-refractivity contribution in [1.82, 2.24) is 10.2 Å². The highest BCUT2D eigenvalue weighted by Gasteiger charge is 2.11. The van der Waals surface area contributed by atoms with Crippen molar-refractivity contribution in [2.45, 2.75) is 39.5 Å². The molecule has 0 bridgehead atoms. The zero-order valence-electron chi connectivity index (χ0n) is 9.63. The summed E-state index contributed by atoms with van der Waals surface area (Å²) in [7, 11) is 0. The van der Waals surface area contributed by atoms with Crippen LogP contribution in [0.5, 0.6) is 0 Å². The molecule has 0 N–H and O–H groups in total. The summed E-state index contributed by atoms with van der Waals surface area (Å²) in [5.74, 6) is 0. The maximum Gasteiger partial charge on any atom is 0.155 e. The third-order valence-electron chi connectivity index (χ3n) is 2.40. The molecule has 0 aliphatic heterocycles. The predicted octanol–water partition coefficient (Wildman–Crippen LogP) is 4.24. The molecule has 0 fully saturated rings. The van der Waals surface area contributed by atoms with Crippen molar-refractivity contribution in [3.63, 3.8) is 0 Å².